The maximum atomic E-state index is 4.44. The summed E-state index contributed by atoms with van der Waals surface area (Å²) in [4.78, 5) is 8.60. The van der Waals surface area contributed by atoms with Crippen molar-refractivity contribution >= 4 is 17.7 Å². The number of aromatic nitrogens is 6. The van der Waals surface area contributed by atoms with Crippen LogP contribution in [0.2, 0.25) is 0 Å². The van der Waals surface area contributed by atoms with Crippen LogP contribution in [0.1, 0.15) is 38.6 Å². The van der Waals surface area contributed by atoms with Crippen LogP contribution in [0.25, 0.3) is 0 Å². The fraction of sp³-hybridized carbons (Fsp3) is 0.583. The quantitative estimate of drug-likeness (QED) is 0.845. The van der Waals surface area contributed by atoms with Gasteiger partial charge in [-0.3, -0.25) is 0 Å². The summed E-state index contributed by atoms with van der Waals surface area (Å²) < 4.78 is 1.94. The Morgan fingerprint density at radius 3 is 3.05 bits per heavy atom. The fourth-order valence-electron chi connectivity index (χ4n) is 2.37. The van der Waals surface area contributed by atoms with Gasteiger partial charge in [-0.25, -0.2) is 14.6 Å². The lowest BCUT2D eigenvalue weighted by Crippen LogP contribution is -2.08. The highest BCUT2D eigenvalue weighted by atomic mass is 32.2. The van der Waals surface area contributed by atoms with Crippen molar-refractivity contribution in [2.24, 2.45) is 0 Å². The van der Waals surface area contributed by atoms with E-state index in [2.05, 4.69) is 30.8 Å². The zero-order chi connectivity index (χ0) is 13.8. The summed E-state index contributed by atoms with van der Waals surface area (Å²) in [5, 5.41) is 16.8. The maximum Gasteiger partial charge on any atom is 0.223 e. The molecule has 7 nitrogen and oxygen atoms in total. The van der Waals surface area contributed by atoms with Gasteiger partial charge in [0, 0.05) is 12.7 Å². The highest BCUT2D eigenvalue weighted by molar-refractivity contribution is 7.99. The first-order valence-corrected chi connectivity index (χ1v) is 7.71. The Hall–Kier alpha value is -1.70. The molecule has 0 atom stereocenters. The van der Waals surface area contributed by atoms with Gasteiger partial charge < -0.3 is 5.32 Å². The predicted octanol–water partition coefficient (Wildman–Crippen LogP) is 2.16. The van der Waals surface area contributed by atoms with Crippen LogP contribution in [0.5, 0.6) is 0 Å². The molecule has 0 radical (unpaired) electrons. The number of nitrogens with one attached hydrogen (secondary N) is 1. The topological polar surface area (TPSA) is 81.4 Å². The number of tetrazole rings is 1. The lowest BCUT2D eigenvalue weighted by atomic mass is 10.3. The van der Waals surface area contributed by atoms with E-state index >= 15 is 0 Å². The smallest absolute Gasteiger partial charge is 0.223 e. The first-order valence-electron chi connectivity index (χ1n) is 6.89. The van der Waals surface area contributed by atoms with E-state index in [1.165, 1.54) is 24.6 Å². The van der Waals surface area contributed by atoms with Crippen LogP contribution in [-0.2, 0) is 0 Å². The molecule has 0 aromatic carbocycles. The summed E-state index contributed by atoms with van der Waals surface area (Å²) >= 11 is 1.48. The second-order valence-corrected chi connectivity index (χ2v) is 5.68. The van der Waals surface area contributed by atoms with E-state index in [0.29, 0.717) is 12.0 Å². The SMILES string of the molecule is CCNc1nccc(Sc2nnnn2C2CCCC2)n1. The lowest BCUT2D eigenvalue weighted by Gasteiger charge is -2.10. The van der Waals surface area contributed by atoms with Gasteiger partial charge in [-0.2, -0.15) is 0 Å². The Morgan fingerprint density at radius 1 is 1.40 bits per heavy atom. The van der Waals surface area contributed by atoms with Crippen LogP contribution in [0.15, 0.2) is 22.4 Å². The summed E-state index contributed by atoms with van der Waals surface area (Å²) in [6, 6.07) is 2.31. The molecule has 0 unspecified atom stereocenters. The van der Waals surface area contributed by atoms with E-state index < -0.39 is 0 Å². The minimum atomic E-state index is 0.433. The molecule has 8 heteroatoms. The summed E-state index contributed by atoms with van der Waals surface area (Å²) in [5.41, 5.74) is 0. The predicted molar refractivity (Wildman–Crippen MR) is 75.6 cm³/mol. The molecule has 3 rings (SSSR count). The van der Waals surface area contributed by atoms with Crippen molar-refractivity contribution in [2.75, 3.05) is 11.9 Å². The molecule has 0 bridgehead atoms. The third kappa shape index (κ3) is 2.90. The number of nitrogens with zero attached hydrogens (tertiary/aromatic N) is 6. The first-order chi connectivity index (χ1) is 9.86. The van der Waals surface area contributed by atoms with Gasteiger partial charge >= 0.3 is 0 Å². The van der Waals surface area contributed by atoms with Gasteiger partial charge in [-0.1, -0.05) is 12.8 Å². The molecule has 0 spiro atoms. The standard InChI is InChI=1S/C12H17N7S/c1-2-13-11-14-8-7-10(15-11)20-12-16-17-18-19(12)9-5-3-4-6-9/h7-9H,2-6H2,1H3,(H,13,14,15). The Morgan fingerprint density at radius 2 is 2.25 bits per heavy atom. The van der Waals surface area contributed by atoms with Crippen LogP contribution in [0.3, 0.4) is 0 Å². The third-order valence-electron chi connectivity index (χ3n) is 3.29. The van der Waals surface area contributed by atoms with Crippen LogP contribution >= 0.6 is 11.8 Å². The van der Waals surface area contributed by atoms with Crippen molar-refractivity contribution in [1.82, 2.24) is 30.2 Å². The van der Waals surface area contributed by atoms with Crippen LogP contribution in [0.4, 0.5) is 5.95 Å². The highest BCUT2D eigenvalue weighted by Crippen LogP contribution is 2.33. The van der Waals surface area contributed by atoms with E-state index in [1.54, 1.807) is 6.20 Å². The minimum Gasteiger partial charge on any atom is -0.354 e. The average Bonchev–Trinajstić information content (AvgIpc) is 3.10. The van der Waals surface area contributed by atoms with Crippen molar-refractivity contribution < 1.29 is 0 Å². The Balaban J connectivity index is 1.77. The Labute approximate surface area is 121 Å². The van der Waals surface area contributed by atoms with Gasteiger partial charge in [-0.15, -0.1) is 5.10 Å². The summed E-state index contributed by atoms with van der Waals surface area (Å²) in [5.74, 6) is 0.636. The van der Waals surface area contributed by atoms with E-state index in [1.807, 2.05) is 17.7 Å². The zero-order valence-electron chi connectivity index (χ0n) is 11.4. The Kier molecular flexibility index (Phi) is 4.10. The molecule has 1 saturated carbocycles. The summed E-state index contributed by atoms with van der Waals surface area (Å²) in [6.45, 7) is 2.82. The lowest BCUT2D eigenvalue weighted by molar-refractivity contribution is 0.423. The van der Waals surface area contributed by atoms with Gasteiger partial charge in [-0.05, 0) is 48.0 Å². The Bertz CT molecular complexity index is 564. The zero-order valence-corrected chi connectivity index (χ0v) is 12.2. The van der Waals surface area contributed by atoms with E-state index in [-0.39, 0.29) is 0 Å². The molecule has 2 heterocycles. The second-order valence-electron chi connectivity index (χ2n) is 4.70. The van der Waals surface area contributed by atoms with E-state index in [4.69, 9.17) is 0 Å². The first kappa shape index (κ1) is 13.3. The third-order valence-corrected chi connectivity index (χ3v) is 4.18. The van der Waals surface area contributed by atoms with Crippen molar-refractivity contribution in [3.63, 3.8) is 0 Å². The molecule has 2 aromatic heterocycles. The van der Waals surface area contributed by atoms with Crippen LogP contribution < -0.4 is 5.32 Å². The van der Waals surface area contributed by atoms with Gasteiger partial charge in [0.25, 0.3) is 0 Å². The molecular weight excluding hydrogens is 274 g/mol. The van der Waals surface area contributed by atoms with Crippen molar-refractivity contribution in [2.45, 2.75) is 48.8 Å². The van der Waals surface area contributed by atoms with Gasteiger partial charge in [0.15, 0.2) is 0 Å². The monoisotopic (exact) mass is 291 g/mol. The molecule has 20 heavy (non-hydrogen) atoms. The molecular formula is C12H17N7S. The average molecular weight is 291 g/mol. The molecule has 0 aliphatic heterocycles. The number of anilines is 1. The molecule has 106 valence electrons. The van der Waals surface area contributed by atoms with Gasteiger partial charge in [0.2, 0.25) is 11.1 Å². The fourth-order valence-corrected chi connectivity index (χ4v) is 3.17. The normalized spacial score (nSPS) is 15.7. The number of hydrogen-bond acceptors (Lipinski definition) is 7. The van der Waals surface area contributed by atoms with Crippen molar-refractivity contribution in [3.8, 4) is 0 Å². The van der Waals surface area contributed by atoms with E-state index in [9.17, 15) is 0 Å². The van der Waals surface area contributed by atoms with Gasteiger partial charge in [0.1, 0.15) is 5.03 Å². The number of hydrogen-bond donors (Lipinski definition) is 1. The van der Waals surface area contributed by atoms with Crippen molar-refractivity contribution in [1.29, 1.82) is 0 Å². The molecule has 1 fully saturated rings. The molecule has 0 amide bonds. The van der Waals surface area contributed by atoms with Gasteiger partial charge in [0.05, 0.1) is 6.04 Å². The molecule has 1 aliphatic carbocycles. The van der Waals surface area contributed by atoms with Crippen LogP contribution in [0, 0.1) is 0 Å². The largest absolute Gasteiger partial charge is 0.354 e. The van der Waals surface area contributed by atoms with Crippen molar-refractivity contribution in [3.05, 3.63) is 12.3 Å². The van der Waals surface area contributed by atoms with E-state index in [0.717, 1.165) is 29.6 Å². The highest BCUT2D eigenvalue weighted by Gasteiger charge is 2.22. The molecule has 0 saturated heterocycles. The maximum absolute atomic E-state index is 4.44. The molecule has 1 aliphatic rings. The second kappa shape index (κ2) is 6.17. The minimum absolute atomic E-state index is 0.433. The summed E-state index contributed by atoms with van der Waals surface area (Å²) in [6.07, 6.45) is 6.58. The summed E-state index contributed by atoms with van der Waals surface area (Å²) in [7, 11) is 0. The van der Waals surface area contributed by atoms with Crippen LogP contribution in [-0.4, -0.2) is 36.7 Å². The molecule has 2 aromatic rings. The molecule has 1 N–H and O–H groups in total. The number of rotatable bonds is 5.